The fourth-order valence-corrected chi connectivity index (χ4v) is 0. The molecule has 1 radical (unpaired) electrons. The van der Waals surface area contributed by atoms with E-state index in [1.54, 1.807) is 0 Å². The van der Waals surface area contributed by atoms with Gasteiger partial charge in [-0.3, -0.25) is 0 Å². The maximum atomic E-state index is 3.45. The molecule has 0 heterocycles. The van der Waals surface area contributed by atoms with Crippen LogP contribution in [0, 0.1) is 35.6 Å². The van der Waals surface area contributed by atoms with Crippen molar-refractivity contribution in [1.29, 1.82) is 0 Å². The molecule has 0 N–H and O–H groups in total. The monoisotopic (exact) mass is 267 g/mol. The smallest absolute Gasteiger partial charge is 0 e. The molecule has 0 saturated heterocycles. The van der Waals surface area contributed by atoms with Gasteiger partial charge in [-0.2, -0.15) is 0 Å². The molecular formula is H2BCoFeLa. The molecule has 25 valence electrons. The third-order valence-corrected chi connectivity index (χ3v) is 0. The van der Waals surface area contributed by atoms with Crippen molar-refractivity contribution in [2.45, 2.75) is 0 Å². The molecule has 0 fully saturated rings. The minimum atomic E-state index is 0. The summed E-state index contributed by atoms with van der Waals surface area (Å²) in [5, 5.41) is 0. The van der Waals surface area contributed by atoms with Crippen LogP contribution in [-0.2, 0) is 27.0 Å². The molecule has 0 spiro atoms. The third kappa shape index (κ3) is 8.86. The maximum absolute atomic E-state index is 3.45. The second kappa shape index (κ2) is 8.99. The molecule has 0 aliphatic carbocycles. The zero-order chi connectivity index (χ0) is 2.71. The van der Waals surface area contributed by atoms with Gasteiger partial charge in [-0.05, 0) is 0 Å². The predicted octanol–water partition coefficient (Wildman–Crippen LogP) is -0.921. The van der Waals surface area contributed by atoms with Crippen LogP contribution in [0.1, 0.15) is 0 Å². The van der Waals surface area contributed by atoms with Gasteiger partial charge in [0.1, 0.15) is 0 Å². The van der Waals surface area contributed by atoms with Crippen molar-refractivity contribution in [1.82, 2.24) is 0 Å². The van der Waals surface area contributed by atoms with E-state index in [4.69, 9.17) is 0 Å². The van der Waals surface area contributed by atoms with Crippen LogP contribution >= 0.6 is 0 Å². The summed E-state index contributed by atoms with van der Waals surface area (Å²) in [5.74, 6) is 0. The molecule has 0 saturated carbocycles. The van der Waals surface area contributed by atoms with Gasteiger partial charge in [-0.25, -0.2) is 0 Å². The Morgan fingerprint density at radius 1 is 1.75 bits per heavy atom. The SMILES string of the molecule is [BH2][Co][Fe].[La]. The second-order valence-electron chi connectivity index (χ2n) is 0.118. The normalized spacial score (nSPS) is 5.25. The molecule has 0 atom stereocenters. The second-order valence-corrected chi connectivity index (χ2v) is 2.00. The van der Waals surface area contributed by atoms with Crippen LogP contribution in [0.4, 0.5) is 0 Å². The van der Waals surface area contributed by atoms with Crippen LogP contribution in [0.5, 0.6) is 0 Å². The first-order chi connectivity index (χ1) is 1.41. The van der Waals surface area contributed by atoms with Gasteiger partial charge in [0, 0.05) is 35.6 Å². The molecule has 0 bridgehead atoms. The minimum Gasteiger partial charge on any atom is 0 e. The maximum Gasteiger partial charge on any atom is 0 e. The topological polar surface area (TPSA) is 0 Å². The van der Waals surface area contributed by atoms with E-state index < -0.39 is 0 Å². The average Bonchev–Trinajstić information content (AvgIpc) is 0.918. The molecule has 0 unspecified atom stereocenters. The quantitative estimate of drug-likeness (QED) is 0.498. The van der Waals surface area contributed by atoms with Gasteiger partial charge < -0.3 is 0 Å². The molecule has 4 heavy (non-hydrogen) atoms. The zero-order valence-corrected chi connectivity index (χ0v) is 8.04. The molecule has 0 amide bonds. The first-order valence-corrected chi connectivity index (χ1v) is 3.38. The number of hydrogen-bond donors (Lipinski definition) is 0. The van der Waals surface area contributed by atoms with Crippen LogP contribution in [-0.4, -0.2) is 6.70 Å². The Morgan fingerprint density at radius 2 is 1.75 bits per heavy atom. The van der Waals surface area contributed by atoms with Crippen LogP contribution < -0.4 is 0 Å². The molecule has 4 heteroatoms. The standard InChI is InChI=1S/BH2.Co.Fe.La/h1H2;;;/q+1;-1;;. The summed E-state index contributed by atoms with van der Waals surface area (Å²) in [6, 6.07) is 0. The van der Waals surface area contributed by atoms with Gasteiger partial charge in [0.15, 0.2) is 0 Å². The van der Waals surface area contributed by atoms with Crippen molar-refractivity contribution >= 4 is 6.70 Å². The Bertz CT molecular complexity index is 8.00. The Hall–Kier alpha value is 2.29. The predicted molar refractivity (Wildman–Crippen MR) is 8.54 cm³/mol. The summed E-state index contributed by atoms with van der Waals surface area (Å²) in [6.07, 6.45) is 0. The van der Waals surface area contributed by atoms with Crippen molar-refractivity contribution in [2.24, 2.45) is 0 Å². The van der Waals surface area contributed by atoms with E-state index in [1.807, 2.05) is 6.70 Å². The summed E-state index contributed by atoms with van der Waals surface area (Å²) >= 11 is 4.64. The van der Waals surface area contributed by atoms with Crippen molar-refractivity contribution < 1.29 is 62.6 Å². The third-order valence-electron chi connectivity index (χ3n) is 0. The molecule has 0 aromatic rings. The van der Waals surface area contributed by atoms with E-state index in [0.29, 0.717) is 0 Å². The Morgan fingerprint density at radius 3 is 1.75 bits per heavy atom. The van der Waals surface area contributed by atoms with Gasteiger partial charge in [0.25, 0.3) is 0 Å². The first kappa shape index (κ1) is 9.56. The molecule has 0 aliphatic rings. The fourth-order valence-electron chi connectivity index (χ4n) is 0. The van der Waals surface area contributed by atoms with Gasteiger partial charge in [0.05, 0.1) is 0 Å². The minimum absolute atomic E-state index is 0. The summed E-state index contributed by atoms with van der Waals surface area (Å²) in [7, 11) is 0. The molecule has 0 aliphatic heterocycles. The van der Waals surface area contributed by atoms with Crippen LogP contribution in [0.15, 0.2) is 0 Å². The summed E-state index contributed by atoms with van der Waals surface area (Å²) in [5.41, 5.74) is 0. The van der Waals surface area contributed by atoms with E-state index in [2.05, 4.69) is 14.2 Å². The summed E-state index contributed by atoms with van der Waals surface area (Å²) < 4.78 is 0. The Labute approximate surface area is 68.1 Å². The Balaban J connectivity index is 0. The van der Waals surface area contributed by atoms with Crippen LogP contribution in [0.2, 0.25) is 0 Å². The average molecular weight is 267 g/mol. The van der Waals surface area contributed by atoms with E-state index in [1.165, 1.54) is 12.7 Å². The van der Waals surface area contributed by atoms with E-state index >= 15 is 0 Å². The molecule has 0 rings (SSSR count). The van der Waals surface area contributed by atoms with Crippen molar-refractivity contribution in [2.75, 3.05) is 0 Å². The van der Waals surface area contributed by atoms with E-state index in [0.717, 1.165) is 0 Å². The van der Waals surface area contributed by atoms with Crippen molar-refractivity contribution in [3.05, 3.63) is 0 Å². The molecule has 0 nitrogen and oxygen atoms in total. The number of hydrogen-bond acceptors (Lipinski definition) is 0. The zero-order valence-electron chi connectivity index (χ0n) is 2.26. The van der Waals surface area contributed by atoms with E-state index in [-0.39, 0.29) is 35.6 Å². The van der Waals surface area contributed by atoms with Crippen LogP contribution in [0.25, 0.3) is 0 Å². The van der Waals surface area contributed by atoms with Crippen molar-refractivity contribution in [3.8, 4) is 0 Å². The first-order valence-electron chi connectivity index (χ1n) is 0.451. The van der Waals surface area contributed by atoms with Crippen molar-refractivity contribution in [3.63, 3.8) is 0 Å². The number of rotatable bonds is 0. The van der Waals surface area contributed by atoms with Gasteiger partial charge in [-0.15, -0.1) is 0 Å². The van der Waals surface area contributed by atoms with E-state index in [9.17, 15) is 0 Å². The molecular weight excluding hydrogens is 264 g/mol. The largest absolute Gasteiger partial charge is 0 e. The fraction of sp³-hybridized carbons (Fsp3) is 0. The van der Waals surface area contributed by atoms with Gasteiger partial charge in [-0.1, -0.05) is 0 Å². The van der Waals surface area contributed by atoms with Gasteiger partial charge >= 0.3 is 33.7 Å². The van der Waals surface area contributed by atoms with Gasteiger partial charge in [0.2, 0.25) is 0 Å². The summed E-state index contributed by atoms with van der Waals surface area (Å²) in [4.78, 5) is 0. The Kier molecular flexibility index (Phi) is 21.5. The van der Waals surface area contributed by atoms with Crippen LogP contribution in [0.3, 0.4) is 0 Å². The molecule has 0 aromatic heterocycles. The summed E-state index contributed by atoms with van der Waals surface area (Å²) in [6.45, 7) is 1.98. The molecule has 0 aromatic carbocycles.